The summed E-state index contributed by atoms with van der Waals surface area (Å²) in [5.74, 6) is 1.01. The highest BCUT2D eigenvalue weighted by Gasteiger charge is 2.25. The van der Waals surface area contributed by atoms with Crippen LogP contribution in [0.15, 0.2) is 0 Å². The molecule has 0 saturated heterocycles. The highest BCUT2D eigenvalue weighted by molar-refractivity contribution is 7.80. The Morgan fingerprint density at radius 3 is 2.20 bits per heavy atom. The Morgan fingerprint density at radius 1 is 1.13 bits per heavy atom. The fourth-order valence-electron chi connectivity index (χ4n) is 2.57. The molecule has 0 aromatic heterocycles. The van der Waals surface area contributed by atoms with E-state index < -0.39 is 8.07 Å². The zero-order valence-corrected chi connectivity index (χ0v) is 12.5. The lowest BCUT2D eigenvalue weighted by atomic mass is 9.94. The lowest BCUT2D eigenvalue weighted by Crippen LogP contribution is -2.47. The van der Waals surface area contributed by atoms with Crippen molar-refractivity contribution in [3.8, 4) is 0 Å². The van der Waals surface area contributed by atoms with Crippen LogP contribution in [0.2, 0.25) is 19.6 Å². The second-order valence-electron chi connectivity index (χ2n) is 6.05. The van der Waals surface area contributed by atoms with E-state index in [9.17, 15) is 0 Å². The highest BCUT2D eigenvalue weighted by Crippen LogP contribution is 2.23. The molecule has 1 aliphatic carbocycles. The van der Waals surface area contributed by atoms with E-state index in [-0.39, 0.29) is 0 Å². The minimum atomic E-state index is -0.950. The molecule has 90 valence electrons. The summed E-state index contributed by atoms with van der Waals surface area (Å²) in [6.45, 7) is 8.61. The summed E-state index contributed by atoms with van der Waals surface area (Å²) in [7, 11) is -0.950. The van der Waals surface area contributed by atoms with Gasteiger partial charge in [-0.3, -0.25) is 0 Å². The van der Waals surface area contributed by atoms with Crippen LogP contribution in [0.4, 0.5) is 0 Å². The van der Waals surface area contributed by atoms with Crippen LogP contribution >= 0.6 is 12.6 Å². The van der Waals surface area contributed by atoms with Crippen LogP contribution in [-0.4, -0.2) is 37.5 Å². The molecule has 3 heteroatoms. The Labute approximate surface area is 102 Å². The van der Waals surface area contributed by atoms with Crippen molar-refractivity contribution in [2.24, 2.45) is 0 Å². The molecule has 1 rings (SSSR count). The van der Waals surface area contributed by atoms with Gasteiger partial charge in [-0.1, -0.05) is 38.9 Å². The highest BCUT2D eigenvalue weighted by atomic mass is 32.1. The van der Waals surface area contributed by atoms with Gasteiger partial charge >= 0.3 is 0 Å². The summed E-state index contributed by atoms with van der Waals surface area (Å²) in [6, 6.07) is 0.873. The van der Waals surface area contributed by atoms with Crippen molar-refractivity contribution in [1.82, 2.24) is 4.90 Å². The van der Waals surface area contributed by atoms with Gasteiger partial charge in [-0.25, -0.2) is 0 Å². The van der Waals surface area contributed by atoms with E-state index in [1.807, 2.05) is 0 Å². The Morgan fingerprint density at radius 2 is 1.73 bits per heavy atom. The molecule has 0 aromatic carbocycles. The Kier molecular flexibility index (Phi) is 5.72. The van der Waals surface area contributed by atoms with Crippen LogP contribution in [0, 0.1) is 0 Å². The molecule has 1 saturated carbocycles. The number of rotatable bonds is 5. The maximum atomic E-state index is 4.40. The molecular weight excluding hydrogens is 218 g/mol. The summed E-state index contributed by atoms with van der Waals surface area (Å²) in [5.41, 5.74) is 0. The molecule has 1 fully saturated rings. The number of hydrogen-bond acceptors (Lipinski definition) is 2. The molecule has 0 spiro atoms. The third-order valence-corrected chi connectivity index (χ3v) is 4.71. The summed E-state index contributed by atoms with van der Waals surface area (Å²) >= 11 is 4.40. The van der Waals surface area contributed by atoms with Crippen LogP contribution in [0.1, 0.15) is 32.1 Å². The fraction of sp³-hybridized carbons (Fsp3) is 1.00. The molecule has 0 N–H and O–H groups in total. The first-order valence-electron chi connectivity index (χ1n) is 6.38. The average molecular weight is 246 g/mol. The Bertz CT molecular complexity index is 173. The van der Waals surface area contributed by atoms with Gasteiger partial charge in [0, 0.05) is 18.3 Å². The standard InChI is InChI=1S/C12H27NSSi/c1-15(2,3)11-13(9-10-14)12-7-5-4-6-8-12/h12,14H,4-11H2,1-3H3. The van der Waals surface area contributed by atoms with Gasteiger partial charge < -0.3 is 4.90 Å². The molecule has 0 atom stereocenters. The maximum absolute atomic E-state index is 4.40. The van der Waals surface area contributed by atoms with Gasteiger partial charge in [-0.2, -0.15) is 12.6 Å². The first-order chi connectivity index (χ1) is 7.03. The van der Waals surface area contributed by atoms with E-state index in [1.165, 1.54) is 44.8 Å². The first-order valence-corrected chi connectivity index (χ1v) is 10.7. The zero-order valence-electron chi connectivity index (χ0n) is 10.6. The van der Waals surface area contributed by atoms with Crippen LogP contribution < -0.4 is 0 Å². The number of hydrogen-bond donors (Lipinski definition) is 1. The van der Waals surface area contributed by atoms with Gasteiger partial charge in [0.15, 0.2) is 0 Å². The summed E-state index contributed by atoms with van der Waals surface area (Å²) in [5, 5.41) is 0. The maximum Gasteiger partial charge on any atom is 0.0599 e. The second kappa shape index (κ2) is 6.31. The molecule has 0 radical (unpaired) electrons. The molecule has 1 aliphatic rings. The molecule has 0 aromatic rings. The third-order valence-electron chi connectivity index (χ3n) is 3.16. The first kappa shape index (κ1) is 13.6. The average Bonchev–Trinajstić information content (AvgIpc) is 2.17. The predicted octanol–water partition coefficient (Wildman–Crippen LogP) is 3.43. The van der Waals surface area contributed by atoms with E-state index in [0.717, 1.165) is 11.8 Å². The van der Waals surface area contributed by atoms with Crippen LogP contribution in [-0.2, 0) is 0 Å². The Balaban J connectivity index is 2.47. The Hall–Kier alpha value is 0.527. The lowest BCUT2D eigenvalue weighted by molar-refractivity contribution is 0.188. The van der Waals surface area contributed by atoms with Gasteiger partial charge in [0.25, 0.3) is 0 Å². The second-order valence-corrected chi connectivity index (χ2v) is 11.9. The van der Waals surface area contributed by atoms with Gasteiger partial charge in [0.2, 0.25) is 0 Å². The fourth-order valence-corrected chi connectivity index (χ4v) is 4.47. The van der Waals surface area contributed by atoms with Crippen molar-refractivity contribution in [2.45, 2.75) is 57.8 Å². The molecular formula is C12H27NSSi. The van der Waals surface area contributed by atoms with Crippen LogP contribution in [0.5, 0.6) is 0 Å². The van der Waals surface area contributed by atoms with Crippen LogP contribution in [0.25, 0.3) is 0 Å². The van der Waals surface area contributed by atoms with E-state index in [1.54, 1.807) is 0 Å². The van der Waals surface area contributed by atoms with Crippen molar-refractivity contribution in [2.75, 3.05) is 18.5 Å². The summed E-state index contributed by atoms with van der Waals surface area (Å²) < 4.78 is 0. The monoisotopic (exact) mass is 245 g/mol. The van der Waals surface area contributed by atoms with Crippen molar-refractivity contribution in [3.63, 3.8) is 0 Å². The smallest absolute Gasteiger partial charge is 0.0599 e. The molecule has 0 heterocycles. The third kappa shape index (κ3) is 5.41. The molecule has 0 unspecified atom stereocenters. The van der Waals surface area contributed by atoms with Gasteiger partial charge in [0.1, 0.15) is 0 Å². The topological polar surface area (TPSA) is 3.24 Å². The van der Waals surface area contributed by atoms with Gasteiger partial charge in [-0.15, -0.1) is 0 Å². The lowest BCUT2D eigenvalue weighted by Gasteiger charge is -2.37. The van der Waals surface area contributed by atoms with E-state index >= 15 is 0 Å². The largest absolute Gasteiger partial charge is 0.302 e. The molecule has 0 amide bonds. The normalized spacial score (nSPS) is 19.8. The van der Waals surface area contributed by atoms with Crippen molar-refractivity contribution < 1.29 is 0 Å². The summed E-state index contributed by atoms with van der Waals surface area (Å²) in [4.78, 5) is 2.73. The van der Waals surface area contributed by atoms with Crippen LogP contribution in [0.3, 0.4) is 0 Å². The van der Waals surface area contributed by atoms with Crippen molar-refractivity contribution in [3.05, 3.63) is 0 Å². The number of nitrogens with zero attached hydrogens (tertiary/aromatic N) is 1. The molecule has 15 heavy (non-hydrogen) atoms. The van der Waals surface area contributed by atoms with Gasteiger partial charge in [0.05, 0.1) is 8.07 Å². The zero-order chi connectivity index (χ0) is 11.3. The van der Waals surface area contributed by atoms with Crippen molar-refractivity contribution >= 4 is 20.7 Å². The van der Waals surface area contributed by atoms with E-state index in [0.29, 0.717) is 0 Å². The molecule has 1 nitrogen and oxygen atoms in total. The minimum absolute atomic E-state index is 0.873. The molecule has 0 aliphatic heterocycles. The van der Waals surface area contributed by atoms with E-state index in [4.69, 9.17) is 0 Å². The molecule has 0 bridgehead atoms. The SMILES string of the molecule is C[Si](C)(C)CN(CCS)C1CCCCC1. The van der Waals surface area contributed by atoms with Gasteiger partial charge in [-0.05, 0) is 19.0 Å². The predicted molar refractivity (Wildman–Crippen MR) is 75.6 cm³/mol. The number of thiol groups is 1. The van der Waals surface area contributed by atoms with E-state index in [2.05, 4.69) is 37.2 Å². The summed E-state index contributed by atoms with van der Waals surface area (Å²) in [6.07, 6.45) is 8.56. The van der Waals surface area contributed by atoms with Crippen molar-refractivity contribution in [1.29, 1.82) is 0 Å². The quantitative estimate of drug-likeness (QED) is 0.574. The minimum Gasteiger partial charge on any atom is -0.302 e.